The van der Waals surface area contributed by atoms with E-state index in [1.54, 1.807) is 14.2 Å². The van der Waals surface area contributed by atoms with Gasteiger partial charge < -0.3 is 19.9 Å². The minimum atomic E-state index is 0.211. The molecule has 1 aliphatic rings. The summed E-state index contributed by atoms with van der Waals surface area (Å²) in [6.07, 6.45) is 1.80. The Hall–Kier alpha value is -0.740. The number of nitrogens with one attached hydrogen (secondary N) is 1. The van der Waals surface area contributed by atoms with Crippen molar-refractivity contribution in [3.8, 4) is 17.2 Å². The van der Waals surface area contributed by atoms with Gasteiger partial charge in [0.25, 0.3) is 0 Å². The van der Waals surface area contributed by atoms with Crippen LogP contribution in [0.1, 0.15) is 22.7 Å². The standard InChI is InChI=1S/C18H19I2NO3/c1-23-17-9-12-11(8-16(17)22)3-4-21-15(12)7-10-5-13(19)18(24-2)14(20)6-10/h5-6,8-9,15,21-22H,3-4,7H2,1-2H3/t15-/m0/s1. The van der Waals surface area contributed by atoms with Gasteiger partial charge in [-0.1, -0.05) is 0 Å². The summed E-state index contributed by atoms with van der Waals surface area (Å²) in [5.41, 5.74) is 3.66. The molecule has 0 spiro atoms. The quantitative estimate of drug-likeness (QED) is 0.564. The van der Waals surface area contributed by atoms with E-state index >= 15 is 0 Å². The molecule has 1 atom stereocenters. The lowest BCUT2D eigenvalue weighted by Gasteiger charge is -2.28. The van der Waals surface area contributed by atoms with E-state index in [9.17, 15) is 5.11 Å². The summed E-state index contributed by atoms with van der Waals surface area (Å²) >= 11 is 4.64. The van der Waals surface area contributed by atoms with Gasteiger partial charge in [0, 0.05) is 6.04 Å². The fraction of sp³-hybridized carbons (Fsp3) is 0.333. The molecule has 1 aliphatic heterocycles. The van der Waals surface area contributed by atoms with Gasteiger partial charge >= 0.3 is 0 Å². The first kappa shape index (κ1) is 18.1. The molecule has 0 unspecified atom stereocenters. The SMILES string of the molecule is COc1cc2c(cc1O)CCN[C@H]2Cc1cc(I)c(OC)c(I)c1. The summed E-state index contributed by atoms with van der Waals surface area (Å²) in [7, 11) is 3.29. The Bertz CT molecular complexity index is 741. The third-order valence-electron chi connectivity index (χ3n) is 4.30. The summed E-state index contributed by atoms with van der Waals surface area (Å²) in [5, 5.41) is 13.6. The summed E-state index contributed by atoms with van der Waals surface area (Å²) < 4.78 is 13.0. The van der Waals surface area contributed by atoms with Crippen molar-refractivity contribution < 1.29 is 14.6 Å². The van der Waals surface area contributed by atoms with Gasteiger partial charge in [-0.15, -0.1) is 0 Å². The van der Waals surface area contributed by atoms with Crippen molar-refractivity contribution in [1.29, 1.82) is 0 Å². The second-order valence-electron chi connectivity index (χ2n) is 5.78. The van der Waals surface area contributed by atoms with Crippen molar-refractivity contribution in [2.75, 3.05) is 20.8 Å². The maximum atomic E-state index is 10.0. The Balaban J connectivity index is 1.93. The van der Waals surface area contributed by atoms with Crippen LogP contribution in [0.3, 0.4) is 0 Å². The highest BCUT2D eigenvalue weighted by Crippen LogP contribution is 2.36. The zero-order valence-corrected chi connectivity index (χ0v) is 17.8. The first-order valence-electron chi connectivity index (χ1n) is 7.68. The molecule has 0 radical (unpaired) electrons. The molecule has 0 bridgehead atoms. The maximum Gasteiger partial charge on any atom is 0.160 e. The molecule has 2 aromatic carbocycles. The van der Waals surface area contributed by atoms with Crippen LogP contribution in [0.2, 0.25) is 0 Å². The molecule has 2 aromatic rings. The molecule has 6 heteroatoms. The zero-order valence-electron chi connectivity index (χ0n) is 13.5. The number of phenols is 1. The number of fused-ring (bicyclic) bond motifs is 1. The van der Waals surface area contributed by atoms with Crippen LogP contribution in [0, 0.1) is 7.14 Å². The number of halogens is 2. The lowest BCUT2D eigenvalue weighted by Crippen LogP contribution is -2.31. The molecular weight excluding hydrogens is 532 g/mol. The first-order chi connectivity index (χ1) is 11.5. The highest BCUT2D eigenvalue weighted by molar-refractivity contribution is 14.1. The predicted octanol–water partition coefficient (Wildman–Crippen LogP) is 4.05. The van der Waals surface area contributed by atoms with E-state index in [4.69, 9.17) is 9.47 Å². The van der Waals surface area contributed by atoms with Gasteiger partial charge in [-0.05, 0) is 106 Å². The number of ether oxygens (including phenoxy) is 2. The minimum absolute atomic E-state index is 0.211. The van der Waals surface area contributed by atoms with E-state index in [-0.39, 0.29) is 11.8 Å². The van der Waals surface area contributed by atoms with Crippen LogP contribution in [0.15, 0.2) is 24.3 Å². The van der Waals surface area contributed by atoms with Crippen LogP contribution in [-0.4, -0.2) is 25.9 Å². The lowest BCUT2D eigenvalue weighted by molar-refractivity contribution is 0.370. The van der Waals surface area contributed by atoms with Crippen LogP contribution in [-0.2, 0) is 12.8 Å². The fourth-order valence-electron chi connectivity index (χ4n) is 3.17. The molecule has 128 valence electrons. The summed E-state index contributed by atoms with van der Waals surface area (Å²) in [6.45, 7) is 0.910. The van der Waals surface area contributed by atoms with Gasteiger partial charge in [0.05, 0.1) is 21.4 Å². The lowest BCUT2D eigenvalue weighted by atomic mass is 9.90. The Morgan fingerprint density at radius 3 is 2.46 bits per heavy atom. The van der Waals surface area contributed by atoms with Gasteiger partial charge in [0.1, 0.15) is 5.75 Å². The van der Waals surface area contributed by atoms with Crippen molar-refractivity contribution in [3.05, 3.63) is 48.1 Å². The van der Waals surface area contributed by atoms with E-state index < -0.39 is 0 Å². The van der Waals surface area contributed by atoms with Crippen LogP contribution in [0.4, 0.5) is 0 Å². The topological polar surface area (TPSA) is 50.7 Å². The van der Waals surface area contributed by atoms with E-state index in [0.717, 1.165) is 32.3 Å². The highest BCUT2D eigenvalue weighted by Gasteiger charge is 2.23. The number of aromatic hydroxyl groups is 1. The van der Waals surface area contributed by atoms with Crippen molar-refractivity contribution in [1.82, 2.24) is 5.32 Å². The third kappa shape index (κ3) is 3.60. The van der Waals surface area contributed by atoms with Gasteiger partial charge in [0.2, 0.25) is 0 Å². The maximum absolute atomic E-state index is 10.0. The fourth-order valence-corrected chi connectivity index (χ4v) is 5.50. The molecule has 1 heterocycles. The molecule has 0 aliphatic carbocycles. The largest absolute Gasteiger partial charge is 0.504 e. The summed E-state index contributed by atoms with van der Waals surface area (Å²) in [5.74, 6) is 1.68. The minimum Gasteiger partial charge on any atom is -0.504 e. The second-order valence-corrected chi connectivity index (χ2v) is 8.10. The zero-order chi connectivity index (χ0) is 17.3. The molecule has 24 heavy (non-hydrogen) atoms. The number of hydrogen-bond donors (Lipinski definition) is 2. The van der Waals surface area contributed by atoms with Crippen molar-refractivity contribution >= 4 is 45.2 Å². The van der Waals surface area contributed by atoms with Crippen molar-refractivity contribution in [2.45, 2.75) is 18.9 Å². The normalized spacial score (nSPS) is 16.6. The molecule has 0 amide bonds. The van der Waals surface area contributed by atoms with E-state index in [2.05, 4.69) is 62.6 Å². The summed E-state index contributed by atoms with van der Waals surface area (Å²) in [4.78, 5) is 0. The van der Waals surface area contributed by atoms with Gasteiger partial charge in [-0.3, -0.25) is 0 Å². The highest BCUT2D eigenvalue weighted by atomic mass is 127. The Labute approximate surface area is 169 Å². The van der Waals surface area contributed by atoms with E-state index in [1.165, 1.54) is 16.7 Å². The summed E-state index contributed by atoms with van der Waals surface area (Å²) in [6, 6.07) is 8.36. The molecule has 4 nitrogen and oxygen atoms in total. The number of phenolic OH excluding ortho intramolecular Hbond substituents is 1. The Morgan fingerprint density at radius 2 is 1.83 bits per heavy atom. The molecule has 2 N–H and O–H groups in total. The smallest absolute Gasteiger partial charge is 0.160 e. The van der Waals surface area contributed by atoms with Crippen LogP contribution in [0.5, 0.6) is 17.2 Å². The second kappa shape index (κ2) is 7.65. The number of hydrogen-bond acceptors (Lipinski definition) is 4. The number of rotatable bonds is 4. The van der Waals surface area contributed by atoms with Gasteiger partial charge in [-0.2, -0.15) is 0 Å². The molecule has 0 aromatic heterocycles. The number of benzene rings is 2. The average Bonchev–Trinajstić information content (AvgIpc) is 2.54. The van der Waals surface area contributed by atoms with Crippen LogP contribution < -0.4 is 14.8 Å². The van der Waals surface area contributed by atoms with Gasteiger partial charge in [-0.25, -0.2) is 0 Å². The average molecular weight is 551 g/mol. The monoisotopic (exact) mass is 551 g/mol. The van der Waals surface area contributed by atoms with Crippen molar-refractivity contribution in [3.63, 3.8) is 0 Å². The molecular formula is C18H19I2NO3. The molecule has 0 fully saturated rings. The third-order valence-corrected chi connectivity index (χ3v) is 5.91. The van der Waals surface area contributed by atoms with Crippen LogP contribution in [0.25, 0.3) is 0 Å². The van der Waals surface area contributed by atoms with Crippen molar-refractivity contribution in [2.24, 2.45) is 0 Å². The molecule has 0 saturated heterocycles. The predicted molar refractivity (Wildman–Crippen MR) is 111 cm³/mol. The van der Waals surface area contributed by atoms with Crippen LogP contribution >= 0.6 is 45.2 Å². The Morgan fingerprint density at radius 1 is 1.12 bits per heavy atom. The van der Waals surface area contributed by atoms with E-state index in [0.29, 0.717) is 5.75 Å². The molecule has 3 rings (SSSR count). The molecule has 0 saturated carbocycles. The first-order valence-corrected chi connectivity index (χ1v) is 9.84. The van der Waals surface area contributed by atoms with Gasteiger partial charge in [0.15, 0.2) is 11.5 Å². The van der Waals surface area contributed by atoms with E-state index in [1.807, 2.05) is 12.1 Å². The Kier molecular flexibility index (Phi) is 5.76. The number of methoxy groups -OCH3 is 2.